The average molecular weight is 354 g/mol. The maximum Gasteiger partial charge on any atom is 0.0976 e. The third kappa shape index (κ3) is 3.04. The van der Waals surface area contributed by atoms with Crippen LogP contribution in [0.25, 0.3) is 16.6 Å². The lowest BCUT2D eigenvalue weighted by atomic mass is 9.71. The number of thiol groups is 1. The lowest BCUT2D eigenvalue weighted by molar-refractivity contribution is 0.523. The molecule has 3 rings (SSSR count). The number of rotatable bonds is 4. The number of allylic oxidation sites excluding steroid dienone is 2. The summed E-state index contributed by atoms with van der Waals surface area (Å²) in [6.07, 6.45) is 4.19. The molecule has 1 aliphatic carbocycles. The minimum atomic E-state index is 0.0359. The number of nitrogens with one attached hydrogen (secondary N) is 2. The Hall–Kier alpha value is -1.94. The normalized spacial score (nSPS) is 19.4. The Labute approximate surface area is 155 Å². The summed E-state index contributed by atoms with van der Waals surface area (Å²) < 4.78 is 4.28. The third-order valence-electron chi connectivity index (χ3n) is 5.03. The summed E-state index contributed by atoms with van der Waals surface area (Å²) in [5.41, 5.74) is 7.91. The summed E-state index contributed by atoms with van der Waals surface area (Å²) in [5, 5.41) is 4.64. The number of H-pyrrole nitrogens is 1. The van der Waals surface area contributed by atoms with E-state index in [0.717, 1.165) is 47.6 Å². The molecule has 0 atom stereocenters. The van der Waals surface area contributed by atoms with E-state index >= 15 is 0 Å². The van der Waals surface area contributed by atoms with Crippen molar-refractivity contribution in [2.45, 2.75) is 46.0 Å². The van der Waals surface area contributed by atoms with Gasteiger partial charge >= 0.3 is 0 Å². The molecule has 0 fully saturated rings. The van der Waals surface area contributed by atoms with Gasteiger partial charge in [0, 0.05) is 23.1 Å². The Morgan fingerprint density at radius 3 is 2.84 bits per heavy atom. The molecule has 2 aromatic rings. The van der Waals surface area contributed by atoms with E-state index < -0.39 is 0 Å². The molecule has 0 unspecified atom stereocenters. The summed E-state index contributed by atoms with van der Waals surface area (Å²) in [6, 6.07) is 6.51. The zero-order valence-electron chi connectivity index (χ0n) is 15.5. The first-order valence-corrected chi connectivity index (χ1v) is 9.30. The van der Waals surface area contributed by atoms with E-state index in [-0.39, 0.29) is 5.41 Å². The highest BCUT2D eigenvalue weighted by Gasteiger charge is 2.36. The Morgan fingerprint density at radius 2 is 2.20 bits per heavy atom. The summed E-state index contributed by atoms with van der Waals surface area (Å²) in [7, 11) is 0. The van der Waals surface area contributed by atoms with E-state index in [2.05, 4.69) is 86.1 Å². The molecule has 132 valence electrons. The van der Waals surface area contributed by atoms with Crippen molar-refractivity contribution in [3.8, 4) is 0 Å². The van der Waals surface area contributed by atoms with Gasteiger partial charge < -0.3 is 10.3 Å². The van der Waals surface area contributed by atoms with E-state index in [4.69, 9.17) is 0 Å². The Morgan fingerprint density at radius 1 is 1.44 bits per heavy atom. The Kier molecular flexibility index (Phi) is 4.83. The van der Waals surface area contributed by atoms with Gasteiger partial charge in [0.25, 0.3) is 0 Å². The van der Waals surface area contributed by atoms with Gasteiger partial charge in [-0.2, -0.15) is 0 Å². The van der Waals surface area contributed by atoms with Crippen molar-refractivity contribution in [1.82, 2.24) is 10.3 Å². The van der Waals surface area contributed by atoms with E-state index in [1.165, 1.54) is 16.5 Å². The van der Waals surface area contributed by atoms with Crippen molar-refractivity contribution < 1.29 is 0 Å². The smallest absolute Gasteiger partial charge is 0.0976 e. The van der Waals surface area contributed by atoms with Crippen LogP contribution in [0.5, 0.6) is 0 Å². The van der Waals surface area contributed by atoms with Crippen molar-refractivity contribution in [2.75, 3.05) is 6.54 Å². The fourth-order valence-corrected chi connectivity index (χ4v) is 4.03. The summed E-state index contributed by atoms with van der Waals surface area (Å²) in [6.45, 7) is 14.0. The fourth-order valence-electron chi connectivity index (χ4n) is 3.80. The number of aromatic nitrogens is 1. The van der Waals surface area contributed by atoms with Crippen molar-refractivity contribution >= 4 is 35.1 Å². The highest BCUT2D eigenvalue weighted by molar-refractivity contribution is 7.79. The molecule has 1 aliphatic rings. The first-order valence-electron chi connectivity index (χ1n) is 8.90. The minimum Gasteiger partial charge on any atom is -0.385 e. The minimum absolute atomic E-state index is 0.0359. The average Bonchev–Trinajstić information content (AvgIpc) is 2.98. The molecule has 0 spiro atoms. The van der Waals surface area contributed by atoms with Crippen LogP contribution in [-0.4, -0.2) is 17.2 Å². The molecule has 0 bridgehead atoms. The first-order chi connectivity index (χ1) is 11.9. The second-order valence-corrected chi connectivity index (χ2v) is 7.56. The molecule has 0 amide bonds. The van der Waals surface area contributed by atoms with Crippen LogP contribution in [0.3, 0.4) is 0 Å². The van der Waals surface area contributed by atoms with Gasteiger partial charge in [0.15, 0.2) is 0 Å². The highest BCUT2D eigenvalue weighted by Crippen LogP contribution is 2.44. The molecule has 0 saturated carbocycles. The van der Waals surface area contributed by atoms with Crippen LogP contribution in [0.1, 0.15) is 57.4 Å². The van der Waals surface area contributed by atoms with E-state index in [9.17, 15) is 0 Å². The molecule has 4 heteroatoms. The molecule has 2 N–H and O–H groups in total. The molecule has 25 heavy (non-hydrogen) atoms. The number of aromatic amines is 1. The van der Waals surface area contributed by atoms with Crippen LogP contribution < -0.4 is 5.32 Å². The van der Waals surface area contributed by atoms with Crippen LogP contribution in [-0.2, 0) is 5.41 Å². The predicted molar refractivity (Wildman–Crippen MR) is 113 cm³/mol. The van der Waals surface area contributed by atoms with Gasteiger partial charge in [0.1, 0.15) is 0 Å². The van der Waals surface area contributed by atoms with Crippen LogP contribution in [0.4, 0.5) is 0 Å². The first kappa shape index (κ1) is 17.9. The number of fused-ring (bicyclic) bond motifs is 3. The zero-order chi connectivity index (χ0) is 18.2. The van der Waals surface area contributed by atoms with Crippen LogP contribution in [0.2, 0.25) is 0 Å². The topological polar surface area (TPSA) is 40.2 Å². The van der Waals surface area contributed by atoms with Gasteiger partial charge in [-0.05, 0) is 66.8 Å². The van der Waals surface area contributed by atoms with Gasteiger partial charge in [0.05, 0.1) is 11.4 Å². The fraction of sp³-hybridized carbons (Fsp3) is 0.381. The standard InChI is InChI=1S/C21H27N3S/c1-6-10-22-13(3)15-8-9-17-16(11-15)18-20(23-17)19(24-25)14(7-2)12-21(18,4)5/h7-9,11,22-23,25H,3,6,10,12H2,1-2,4-5H3/b14-7-,24-19?. The van der Waals surface area contributed by atoms with E-state index in [1.807, 2.05) is 0 Å². The zero-order valence-corrected chi connectivity index (χ0v) is 16.4. The molecular weight excluding hydrogens is 326 g/mol. The lowest BCUT2D eigenvalue weighted by Gasteiger charge is -2.33. The van der Waals surface area contributed by atoms with Gasteiger partial charge in [-0.3, -0.25) is 0 Å². The van der Waals surface area contributed by atoms with Gasteiger partial charge in [-0.25, -0.2) is 4.40 Å². The van der Waals surface area contributed by atoms with Gasteiger partial charge in [0.2, 0.25) is 0 Å². The molecule has 0 radical (unpaired) electrons. The molecular formula is C21H27N3S. The van der Waals surface area contributed by atoms with Crippen LogP contribution in [0, 0.1) is 0 Å². The molecule has 0 aliphatic heterocycles. The maximum absolute atomic E-state index is 4.28. The predicted octanol–water partition coefficient (Wildman–Crippen LogP) is 5.40. The van der Waals surface area contributed by atoms with Crippen molar-refractivity contribution in [3.63, 3.8) is 0 Å². The van der Waals surface area contributed by atoms with Crippen molar-refractivity contribution in [1.29, 1.82) is 0 Å². The van der Waals surface area contributed by atoms with E-state index in [0.29, 0.717) is 0 Å². The Bertz CT molecular complexity index is 884. The monoisotopic (exact) mass is 353 g/mol. The molecule has 0 saturated heterocycles. The number of benzene rings is 1. The SMILES string of the molecule is C=C(NCCC)c1ccc2[nH]c3c(c2c1)C(C)(C)C/C(=C/C)C3=NS. The molecule has 1 heterocycles. The Balaban J connectivity index is 2.19. The third-order valence-corrected chi connectivity index (χ3v) is 5.23. The van der Waals surface area contributed by atoms with Crippen molar-refractivity contribution in [2.24, 2.45) is 4.40 Å². The van der Waals surface area contributed by atoms with Gasteiger partial charge in [-0.1, -0.05) is 39.5 Å². The molecule has 3 nitrogen and oxygen atoms in total. The van der Waals surface area contributed by atoms with Crippen LogP contribution in [0.15, 0.2) is 40.8 Å². The summed E-state index contributed by atoms with van der Waals surface area (Å²) in [4.78, 5) is 3.58. The van der Waals surface area contributed by atoms with E-state index in [1.54, 1.807) is 0 Å². The maximum atomic E-state index is 4.28. The second-order valence-electron chi connectivity index (χ2n) is 7.36. The molecule has 1 aromatic carbocycles. The van der Waals surface area contributed by atoms with Gasteiger partial charge in [-0.15, -0.1) is 0 Å². The quantitative estimate of drug-likeness (QED) is 0.633. The highest BCUT2D eigenvalue weighted by atomic mass is 32.1. The summed E-state index contributed by atoms with van der Waals surface area (Å²) in [5.74, 6) is 0. The summed E-state index contributed by atoms with van der Waals surface area (Å²) >= 11 is 4.23. The lowest BCUT2D eigenvalue weighted by Crippen LogP contribution is -2.29. The second kappa shape index (κ2) is 6.75. The van der Waals surface area contributed by atoms with Crippen LogP contribution >= 0.6 is 12.8 Å². The number of nitrogens with zero attached hydrogens (tertiary/aromatic N) is 1. The largest absolute Gasteiger partial charge is 0.385 e. The number of hydrogen-bond acceptors (Lipinski definition) is 3. The number of hydrogen-bond donors (Lipinski definition) is 3. The molecule has 1 aromatic heterocycles. The van der Waals surface area contributed by atoms with Crippen molar-refractivity contribution in [3.05, 3.63) is 53.2 Å².